The molecular weight excluding hydrogens is 382 g/mol. The van der Waals surface area contributed by atoms with Gasteiger partial charge < -0.3 is 10.2 Å². The van der Waals surface area contributed by atoms with Gasteiger partial charge in [-0.15, -0.1) is 0 Å². The number of hydrogen-bond donors (Lipinski definition) is 1. The molecule has 31 heavy (non-hydrogen) atoms. The van der Waals surface area contributed by atoms with E-state index in [9.17, 15) is 4.79 Å². The highest BCUT2D eigenvalue weighted by Gasteiger charge is 2.13. The Morgan fingerprint density at radius 1 is 1.00 bits per heavy atom. The van der Waals surface area contributed by atoms with Crippen molar-refractivity contribution < 1.29 is 4.79 Å². The number of rotatable bonds is 5. The van der Waals surface area contributed by atoms with Crippen LogP contribution in [0.25, 0.3) is 6.08 Å². The van der Waals surface area contributed by atoms with Crippen LogP contribution in [0.4, 0.5) is 11.4 Å². The topological polar surface area (TPSA) is 44.7 Å². The molecule has 4 rings (SSSR count). The number of para-hydroxylation sites is 1. The number of aliphatic imine (C=N–C) groups is 1. The van der Waals surface area contributed by atoms with Crippen molar-refractivity contribution in [2.24, 2.45) is 4.99 Å². The highest BCUT2D eigenvalue weighted by Crippen LogP contribution is 2.23. The van der Waals surface area contributed by atoms with Crippen LogP contribution in [0, 0.1) is 0 Å². The molecule has 1 N–H and O–H groups in total. The predicted molar refractivity (Wildman–Crippen MR) is 130 cm³/mol. The molecule has 0 spiro atoms. The molecule has 0 fully saturated rings. The number of likely N-dealkylation sites (N-methyl/N-ethyl adjacent to an activating group) is 1. The van der Waals surface area contributed by atoms with Crippen molar-refractivity contribution in [2.45, 2.75) is 13.3 Å². The summed E-state index contributed by atoms with van der Waals surface area (Å²) in [6.07, 6.45) is 5.11. The normalized spacial score (nSPS) is 13.5. The van der Waals surface area contributed by atoms with Crippen LogP contribution in [0.2, 0.25) is 0 Å². The Labute approximate surface area is 184 Å². The lowest BCUT2D eigenvalue weighted by Crippen LogP contribution is -2.20. The average Bonchev–Trinajstić information content (AvgIpc) is 2.93. The Balaban J connectivity index is 1.50. The number of carbonyl (C=O) groups excluding carboxylic acids is 1. The van der Waals surface area contributed by atoms with Crippen LogP contribution in [-0.2, 0) is 11.2 Å². The van der Waals surface area contributed by atoms with Crippen molar-refractivity contribution in [3.05, 3.63) is 101 Å². The van der Waals surface area contributed by atoms with Crippen LogP contribution in [0.1, 0.15) is 29.2 Å². The van der Waals surface area contributed by atoms with E-state index in [0.717, 1.165) is 36.5 Å². The summed E-state index contributed by atoms with van der Waals surface area (Å²) in [5.74, 6) is -0.0558. The molecule has 1 aliphatic heterocycles. The SMILES string of the molecule is CC(=O)Nc1ccc(Cc2cccc(/C=C/C3=NCCN(C)c4ccccc43)c2)cc1. The van der Waals surface area contributed by atoms with Gasteiger partial charge in [-0.1, -0.05) is 60.7 Å². The van der Waals surface area contributed by atoms with E-state index in [2.05, 4.69) is 90.1 Å². The number of hydrogen-bond acceptors (Lipinski definition) is 3. The summed E-state index contributed by atoms with van der Waals surface area (Å²) in [6.45, 7) is 3.23. The van der Waals surface area contributed by atoms with E-state index in [0.29, 0.717) is 0 Å². The zero-order valence-corrected chi connectivity index (χ0v) is 18.0. The van der Waals surface area contributed by atoms with Crippen LogP contribution < -0.4 is 10.2 Å². The fourth-order valence-corrected chi connectivity index (χ4v) is 3.82. The molecule has 0 aromatic heterocycles. The minimum Gasteiger partial charge on any atom is -0.372 e. The number of fused-ring (bicyclic) bond motifs is 1. The Kier molecular flexibility index (Phi) is 6.27. The monoisotopic (exact) mass is 409 g/mol. The Morgan fingerprint density at radius 3 is 2.61 bits per heavy atom. The molecule has 1 aliphatic rings. The number of nitrogens with one attached hydrogen (secondary N) is 1. The molecule has 4 nitrogen and oxygen atoms in total. The van der Waals surface area contributed by atoms with Gasteiger partial charge in [0.05, 0.1) is 12.3 Å². The van der Waals surface area contributed by atoms with Gasteiger partial charge in [0.15, 0.2) is 0 Å². The summed E-state index contributed by atoms with van der Waals surface area (Å²) in [5.41, 5.74) is 7.86. The summed E-state index contributed by atoms with van der Waals surface area (Å²) in [5, 5.41) is 2.80. The van der Waals surface area contributed by atoms with Gasteiger partial charge in [-0.05, 0) is 47.4 Å². The molecule has 0 atom stereocenters. The van der Waals surface area contributed by atoms with Crippen molar-refractivity contribution in [3.63, 3.8) is 0 Å². The maximum Gasteiger partial charge on any atom is 0.221 e. The first-order valence-electron chi connectivity index (χ1n) is 10.6. The minimum atomic E-state index is -0.0558. The predicted octanol–water partition coefficient (Wildman–Crippen LogP) is 5.19. The molecule has 3 aromatic rings. The first-order chi connectivity index (χ1) is 15.1. The van der Waals surface area contributed by atoms with E-state index in [4.69, 9.17) is 4.99 Å². The third kappa shape index (κ3) is 5.28. The number of allylic oxidation sites excluding steroid dienone is 1. The average molecular weight is 410 g/mol. The van der Waals surface area contributed by atoms with E-state index in [1.165, 1.54) is 29.3 Å². The van der Waals surface area contributed by atoms with Crippen LogP contribution in [0.3, 0.4) is 0 Å². The van der Waals surface area contributed by atoms with Crippen LogP contribution >= 0.6 is 0 Å². The molecule has 0 aliphatic carbocycles. The molecular formula is C27H27N3O. The lowest BCUT2D eigenvalue weighted by Gasteiger charge is -2.18. The van der Waals surface area contributed by atoms with Crippen LogP contribution in [-0.4, -0.2) is 31.8 Å². The number of benzodiazepines with no additional fused rings is 1. The van der Waals surface area contributed by atoms with Gasteiger partial charge in [0.1, 0.15) is 0 Å². The third-order valence-electron chi connectivity index (χ3n) is 5.38. The fourth-order valence-electron chi connectivity index (χ4n) is 3.82. The Hall–Kier alpha value is -3.66. The molecule has 0 unspecified atom stereocenters. The molecule has 1 heterocycles. The van der Waals surface area contributed by atoms with Crippen molar-refractivity contribution in [3.8, 4) is 0 Å². The highest BCUT2D eigenvalue weighted by atomic mass is 16.1. The first kappa shape index (κ1) is 20.6. The third-order valence-corrected chi connectivity index (χ3v) is 5.38. The van der Waals surface area contributed by atoms with Crippen LogP contribution in [0.5, 0.6) is 0 Å². The standard InChI is InChI=1S/C27H27N3O/c1-20(31)29-24-13-10-22(11-14-24)19-23-7-5-6-21(18-23)12-15-26-25-8-3-4-9-27(25)30(2)17-16-28-26/h3-15,18H,16-17,19H2,1-2H3,(H,29,31)/b15-12+. The smallest absolute Gasteiger partial charge is 0.221 e. The van der Waals surface area contributed by atoms with Crippen molar-refractivity contribution in [1.29, 1.82) is 0 Å². The first-order valence-corrected chi connectivity index (χ1v) is 10.6. The highest BCUT2D eigenvalue weighted by molar-refractivity contribution is 6.14. The van der Waals surface area contributed by atoms with Gasteiger partial charge in [-0.25, -0.2) is 0 Å². The number of carbonyl (C=O) groups is 1. The molecule has 0 bridgehead atoms. The van der Waals surface area contributed by atoms with Gasteiger partial charge in [-0.3, -0.25) is 9.79 Å². The zero-order valence-electron chi connectivity index (χ0n) is 18.0. The quantitative estimate of drug-likeness (QED) is 0.630. The summed E-state index contributed by atoms with van der Waals surface area (Å²) in [7, 11) is 2.12. The maximum absolute atomic E-state index is 11.2. The summed E-state index contributed by atoms with van der Waals surface area (Å²) < 4.78 is 0. The second kappa shape index (κ2) is 9.43. The van der Waals surface area contributed by atoms with E-state index < -0.39 is 0 Å². The summed E-state index contributed by atoms with van der Waals surface area (Å²) in [4.78, 5) is 18.2. The minimum absolute atomic E-state index is 0.0558. The summed E-state index contributed by atoms with van der Waals surface area (Å²) >= 11 is 0. The fraction of sp³-hybridized carbons (Fsp3) is 0.185. The van der Waals surface area contributed by atoms with Gasteiger partial charge in [0, 0.05) is 37.5 Å². The Bertz CT molecular complexity index is 1130. The molecule has 3 aromatic carbocycles. The van der Waals surface area contributed by atoms with Crippen molar-refractivity contribution in [1.82, 2.24) is 0 Å². The van der Waals surface area contributed by atoms with E-state index >= 15 is 0 Å². The second-order valence-electron chi connectivity index (χ2n) is 7.84. The Morgan fingerprint density at radius 2 is 1.81 bits per heavy atom. The van der Waals surface area contributed by atoms with E-state index in [-0.39, 0.29) is 5.91 Å². The van der Waals surface area contributed by atoms with Gasteiger partial charge >= 0.3 is 0 Å². The number of amides is 1. The van der Waals surface area contributed by atoms with Crippen molar-refractivity contribution in [2.75, 3.05) is 30.4 Å². The van der Waals surface area contributed by atoms with Gasteiger partial charge in [0.2, 0.25) is 5.91 Å². The maximum atomic E-state index is 11.2. The molecule has 0 saturated carbocycles. The lowest BCUT2D eigenvalue weighted by atomic mass is 10.0. The molecule has 0 saturated heterocycles. The van der Waals surface area contributed by atoms with Gasteiger partial charge in [0.25, 0.3) is 0 Å². The molecule has 0 radical (unpaired) electrons. The van der Waals surface area contributed by atoms with Crippen molar-refractivity contribution >= 4 is 29.1 Å². The number of nitrogens with zero attached hydrogens (tertiary/aromatic N) is 2. The van der Waals surface area contributed by atoms with E-state index in [1.54, 1.807) is 0 Å². The van der Waals surface area contributed by atoms with Crippen LogP contribution in [0.15, 0.2) is 83.9 Å². The largest absolute Gasteiger partial charge is 0.372 e. The van der Waals surface area contributed by atoms with E-state index in [1.807, 2.05) is 12.1 Å². The summed E-state index contributed by atoms with van der Waals surface area (Å²) in [6, 6.07) is 25.0. The zero-order chi connectivity index (χ0) is 21.6. The molecule has 156 valence electrons. The second-order valence-corrected chi connectivity index (χ2v) is 7.84. The number of benzene rings is 3. The van der Waals surface area contributed by atoms with Gasteiger partial charge in [-0.2, -0.15) is 0 Å². The molecule has 1 amide bonds. The molecule has 4 heteroatoms. The number of anilines is 2. The lowest BCUT2D eigenvalue weighted by molar-refractivity contribution is -0.114.